The predicted octanol–water partition coefficient (Wildman–Crippen LogP) is 2.86. The molecule has 0 spiro atoms. The summed E-state index contributed by atoms with van der Waals surface area (Å²) in [6, 6.07) is 5.67. The van der Waals surface area contributed by atoms with Crippen molar-refractivity contribution in [2.45, 2.75) is 20.3 Å². The summed E-state index contributed by atoms with van der Waals surface area (Å²) in [6.07, 6.45) is 0.860. The first-order chi connectivity index (χ1) is 9.69. The van der Waals surface area contributed by atoms with E-state index in [0.717, 1.165) is 24.5 Å². The third-order valence-corrected chi connectivity index (χ3v) is 3.58. The van der Waals surface area contributed by atoms with Crippen LogP contribution in [-0.4, -0.2) is 24.0 Å². The second-order valence-electron chi connectivity index (χ2n) is 4.55. The summed E-state index contributed by atoms with van der Waals surface area (Å²) in [5, 5.41) is 10.2. The van der Waals surface area contributed by atoms with Gasteiger partial charge in [-0.3, -0.25) is 4.79 Å². The Morgan fingerprint density at radius 3 is 2.95 bits per heavy atom. The van der Waals surface area contributed by atoms with E-state index in [4.69, 9.17) is 0 Å². The minimum Gasteiger partial charge on any atom is -0.370 e. The molecule has 0 radical (unpaired) electrons. The molecule has 1 amide bonds. The summed E-state index contributed by atoms with van der Waals surface area (Å²) in [4.78, 5) is 16.5. The number of aromatic nitrogens is 1. The molecule has 0 atom stereocenters. The highest BCUT2D eigenvalue weighted by Gasteiger charge is 2.08. The highest BCUT2D eigenvalue weighted by atomic mass is 32.1. The normalized spacial score (nSPS) is 10.3. The van der Waals surface area contributed by atoms with Gasteiger partial charge in [0.15, 0.2) is 0 Å². The van der Waals surface area contributed by atoms with Crippen LogP contribution in [0.15, 0.2) is 29.0 Å². The summed E-state index contributed by atoms with van der Waals surface area (Å²) in [5.74, 6) is 0.695. The summed E-state index contributed by atoms with van der Waals surface area (Å²) in [5.41, 5.74) is 2.75. The number of hydrogen-bond acceptors (Lipinski definition) is 4. The van der Waals surface area contributed by atoms with Crippen LogP contribution in [0, 0.1) is 6.92 Å². The summed E-state index contributed by atoms with van der Waals surface area (Å²) in [7, 11) is 0. The Hall–Kier alpha value is -1.88. The van der Waals surface area contributed by atoms with Crippen molar-refractivity contribution in [3.8, 4) is 0 Å². The second-order valence-corrected chi connectivity index (χ2v) is 5.33. The number of hydrogen-bond donors (Lipinski definition) is 2. The minimum atomic E-state index is -0.0510. The van der Waals surface area contributed by atoms with E-state index in [9.17, 15) is 4.79 Å². The lowest BCUT2D eigenvalue weighted by molar-refractivity contribution is 0.0954. The van der Waals surface area contributed by atoms with E-state index < -0.39 is 0 Å². The Labute approximate surface area is 123 Å². The van der Waals surface area contributed by atoms with Gasteiger partial charge in [-0.1, -0.05) is 0 Å². The molecule has 2 rings (SSSR count). The number of nitrogens with zero attached hydrogens (tertiary/aromatic N) is 1. The lowest BCUT2D eigenvalue weighted by atomic mass is 10.2. The summed E-state index contributed by atoms with van der Waals surface area (Å²) in [6.45, 7) is 5.33. The number of pyridine rings is 1. The molecule has 2 aromatic rings. The van der Waals surface area contributed by atoms with E-state index in [1.165, 1.54) is 5.56 Å². The van der Waals surface area contributed by atoms with Gasteiger partial charge in [0, 0.05) is 24.3 Å². The van der Waals surface area contributed by atoms with Gasteiger partial charge in [-0.05, 0) is 54.8 Å². The van der Waals surface area contributed by atoms with E-state index in [2.05, 4.69) is 27.1 Å². The van der Waals surface area contributed by atoms with Crippen molar-refractivity contribution in [2.75, 3.05) is 18.4 Å². The average molecular weight is 289 g/mol. The van der Waals surface area contributed by atoms with Gasteiger partial charge in [-0.15, -0.1) is 0 Å². The molecule has 106 valence electrons. The number of aryl methyl sites for hydroxylation is 1. The molecule has 2 aromatic heterocycles. The zero-order valence-corrected chi connectivity index (χ0v) is 12.6. The monoisotopic (exact) mass is 289 g/mol. The van der Waals surface area contributed by atoms with E-state index in [-0.39, 0.29) is 5.91 Å². The van der Waals surface area contributed by atoms with E-state index in [1.807, 2.05) is 19.2 Å². The Morgan fingerprint density at radius 2 is 2.25 bits per heavy atom. The maximum absolute atomic E-state index is 12.1. The zero-order valence-electron chi connectivity index (χ0n) is 11.8. The molecular weight excluding hydrogens is 270 g/mol. The molecule has 0 unspecified atom stereocenters. The molecule has 0 saturated heterocycles. The lowest BCUT2D eigenvalue weighted by Crippen LogP contribution is -2.26. The molecule has 0 aromatic carbocycles. The van der Waals surface area contributed by atoms with Gasteiger partial charge < -0.3 is 10.6 Å². The Balaban J connectivity index is 1.94. The SMILES string of the molecule is CCNc1cc(C(=O)NCCc2ccsc2)cc(C)n1. The first kappa shape index (κ1) is 14.5. The molecule has 0 aliphatic carbocycles. The van der Waals surface area contributed by atoms with Crippen LogP contribution in [0.1, 0.15) is 28.5 Å². The molecule has 4 nitrogen and oxygen atoms in total. The smallest absolute Gasteiger partial charge is 0.251 e. The third kappa shape index (κ3) is 4.06. The highest BCUT2D eigenvalue weighted by Crippen LogP contribution is 2.10. The number of amides is 1. The second kappa shape index (κ2) is 7.05. The Morgan fingerprint density at radius 1 is 1.40 bits per heavy atom. The van der Waals surface area contributed by atoms with Crippen LogP contribution in [0.2, 0.25) is 0 Å². The van der Waals surface area contributed by atoms with Crippen LogP contribution in [0.3, 0.4) is 0 Å². The predicted molar refractivity (Wildman–Crippen MR) is 83.5 cm³/mol. The van der Waals surface area contributed by atoms with Crippen molar-refractivity contribution in [1.82, 2.24) is 10.3 Å². The topological polar surface area (TPSA) is 54.0 Å². The van der Waals surface area contributed by atoms with E-state index >= 15 is 0 Å². The molecule has 2 heterocycles. The summed E-state index contributed by atoms with van der Waals surface area (Å²) < 4.78 is 0. The van der Waals surface area contributed by atoms with E-state index in [0.29, 0.717) is 12.1 Å². The largest absolute Gasteiger partial charge is 0.370 e. The Kier molecular flexibility index (Phi) is 5.12. The van der Waals surface area contributed by atoms with Crippen LogP contribution in [0.25, 0.3) is 0 Å². The number of thiophene rings is 1. The fourth-order valence-electron chi connectivity index (χ4n) is 1.93. The van der Waals surface area contributed by atoms with Gasteiger partial charge in [-0.25, -0.2) is 4.98 Å². The number of carbonyl (C=O) groups is 1. The van der Waals surface area contributed by atoms with E-state index in [1.54, 1.807) is 23.5 Å². The average Bonchev–Trinajstić information content (AvgIpc) is 2.91. The van der Waals surface area contributed by atoms with Crippen LogP contribution < -0.4 is 10.6 Å². The molecule has 20 heavy (non-hydrogen) atoms. The quantitative estimate of drug-likeness (QED) is 0.860. The fraction of sp³-hybridized carbons (Fsp3) is 0.333. The standard InChI is InChI=1S/C15H19N3OS/c1-3-16-14-9-13(8-11(2)18-14)15(19)17-6-4-12-5-7-20-10-12/h5,7-10H,3-4,6H2,1-2H3,(H,16,18)(H,17,19). The van der Waals surface area contributed by atoms with Gasteiger partial charge in [0.1, 0.15) is 5.82 Å². The zero-order chi connectivity index (χ0) is 14.4. The van der Waals surface area contributed by atoms with Gasteiger partial charge >= 0.3 is 0 Å². The number of rotatable bonds is 6. The van der Waals surface area contributed by atoms with Crippen LogP contribution in [0.4, 0.5) is 5.82 Å². The van der Waals surface area contributed by atoms with Crippen LogP contribution in [0.5, 0.6) is 0 Å². The van der Waals surface area contributed by atoms with Crippen molar-refractivity contribution in [3.63, 3.8) is 0 Å². The fourth-order valence-corrected chi connectivity index (χ4v) is 2.63. The summed E-state index contributed by atoms with van der Waals surface area (Å²) >= 11 is 1.67. The number of carbonyl (C=O) groups excluding carboxylic acids is 1. The van der Waals surface area contributed by atoms with Gasteiger partial charge in [-0.2, -0.15) is 11.3 Å². The maximum atomic E-state index is 12.1. The molecule has 0 aliphatic heterocycles. The van der Waals surface area contributed by atoms with Crippen LogP contribution in [-0.2, 0) is 6.42 Å². The Bertz CT molecular complexity index is 567. The lowest BCUT2D eigenvalue weighted by Gasteiger charge is -2.08. The van der Waals surface area contributed by atoms with Crippen molar-refractivity contribution < 1.29 is 4.79 Å². The van der Waals surface area contributed by atoms with Crippen LogP contribution >= 0.6 is 11.3 Å². The highest BCUT2D eigenvalue weighted by molar-refractivity contribution is 7.07. The molecular formula is C15H19N3OS. The minimum absolute atomic E-state index is 0.0510. The third-order valence-electron chi connectivity index (χ3n) is 2.85. The number of nitrogens with one attached hydrogen (secondary N) is 2. The van der Waals surface area contributed by atoms with Crippen molar-refractivity contribution in [1.29, 1.82) is 0 Å². The first-order valence-corrected chi connectivity index (χ1v) is 7.65. The van der Waals surface area contributed by atoms with Crippen molar-refractivity contribution in [2.24, 2.45) is 0 Å². The van der Waals surface area contributed by atoms with Gasteiger partial charge in [0.25, 0.3) is 5.91 Å². The number of anilines is 1. The molecule has 0 aliphatic rings. The molecule has 2 N–H and O–H groups in total. The molecule has 0 bridgehead atoms. The molecule has 5 heteroatoms. The van der Waals surface area contributed by atoms with Crippen molar-refractivity contribution in [3.05, 3.63) is 45.8 Å². The maximum Gasteiger partial charge on any atom is 0.251 e. The molecule has 0 saturated carbocycles. The van der Waals surface area contributed by atoms with Gasteiger partial charge in [0.2, 0.25) is 0 Å². The van der Waals surface area contributed by atoms with Gasteiger partial charge in [0.05, 0.1) is 0 Å². The van der Waals surface area contributed by atoms with Crippen molar-refractivity contribution >= 4 is 23.1 Å². The molecule has 0 fully saturated rings. The first-order valence-electron chi connectivity index (χ1n) is 6.71.